The first-order chi connectivity index (χ1) is 12.2. The number of benzene rings is 1. The van der Waals surface area contributed by atoms with Crippen LogP contribution in [0.2, 0.25) is 0 Å². The number of aromatic nitrogens is 1. The van der Waals surface area contributed by atoms with E-state index >= 15 is 0 Å². The fourth-order valence-corrected chi connectivity index (χ4v) is 2.82. The summed E-state index contributed by atoms with van der Waals surface area (Å²) in [5, 5.41) is 6.28. The Morgan fingerprint density at radius 1 is 1.35 bits per heavy atom. The minimum atomic E-state index is -0.380. The van der Waals surface area contributed by atoms with Gasteiger partial charge in [0.1, 0.15) is 18.1 Å². The molecule has 0 saturated carbocycles. The van der Waals surface area contributed by atoms with Gasteiger partial charge in [-0.3, -0.25) is 4.79 Å². The summed E-state index contributed by atoms with van der Waals surface area (Å²) in [6.07, 6.45) is 0.476. The van der Waals surface area contributed by atoms with Crippen LogP contribution in [-0.2, 0) is 6.42 Å². The third-order valence-corrected chi connectivity index (χ3v) is 3.95. The van der Waals surface area contributed by atoms with Gasteiger partial charge in [0.2, 0.25) is 5.88 Å². The average molecular weight is 357 g/mol. The lowest BCUT2D eigenvalue weighted by Crippen LogP contribution is -2.41. The summed E-state index contributed by atoms with van der Waals surface area (Å²) in [6, 6.07) is 8.33. The van der Waals surface area contributed by atoms with Gasteiger partial charge in [0, 0.05) is 5.54 Å². The Labute approximate surface area is 153 Å². The molecule has 1 aliphatic rings. The normalized spacial score (nSPS) is 16.3. The van der Waals surface area contributed by atoms with Crippen molar-refractivity contribution in [3.8, 4) is 5.88 Å². The van der Waals surface area contributed by atoms with Crippen molar-refractivity contribution in [3.05, 3.63) is 53.0 Å². The molecule has 1 atom stereocenters. The van der Waals surface area contributed by atoms with Crippen molar-refractivity contribution < 1.29 is 13.9 Å². The van der Waals surface area contributed by atoms with E-state index in [9.17, 15) is 9.18 Å². The zero-order chi connectivity index (χ0) is 18.9. The van der Waals surface area contributed by atoms with E-state index in [1.54, 1.807) is 12.1 Å². The van der Waals surface area contributed by atoms with Crippen molar-refractivity contribution in [1.29, 1.82) is 0 Å². The Kier molecular flexibility index (Phi) is 4.85. The Morgan fingerprint density at radius 3 is 2.69 bits per heavy atom. The molecule has 26 heavy (non-hydrogen) atoms. The summed E-state index contributed by atoms with van der Waals surface area (Å²) in [4.78, 5) is 17.2. The summed E-state index contributed by atoms with van der Waals surface area (Å²) < 4.78 is 18.9. The zero-order valence-corrected chi connectivity index (χ0v) is 15.5. The molecule has 2 aromatic rings. The molecule has 3 rings (SSSR count). The topological polar surface area (TPSA) is 63.2 Å². The molecule has 1 aromatic heterocycles. The van der Waals surface area contributed by atoms with Gasteiger partial charge in [-0.05, 0) is 63.4 Å². The van der Waals surface area contributed by atoms with Gasteiger partial charge < -0.3 is 15.4 Å². The predicted octanol–water partition coefficient (Wildman–Crippen LogP) is 3.53. The Bertz CT molecular complexity index is 813. The summed E-state index contributed by atoms with van der Waals surface area (Å²) in [5.41, 5.74) is 2.40. The van der Waals surface area contributed by atoms with Gasteiger partial charge in [-0.25, -0.2) is 9.37 Å². The van der Waals surface area contributed by atoms with E-state index in [2.05, 4.69) is 15.6 Å². The second kappa shape index (κ2) is 6.94. The quantitative estimate of drug-likeness (QED) is 0.882. The first-order valence-corrected chi connectivity index (χ1v) is 8.71. The lowest BCUT2D eigenvalue weighted by molar-refractivity contribution is 0.0912. The molecule has 0 fully saturated rings. The molecular formula is C20H24FN3O2. The van der Waals surface area contributed by atoms with E-state index in [0.717, 1.165) is 16.8 Å². The van der Waals surface area contributed by atoms with Crippen molar-refractivity contribution in [2.24, 2.45) is 0 Å². The second-order valence-electron chi connectivity index (χ2n) is 7.71. The van der Waals surface area contributed by atoms with Crippen LogP contribution in [0.15, 0.2) is 30.3 Å². The van der Waals surface area contributed by atoms with Crippen molar-refractivity contribution in [2.45, 2.75) is 45.7 Å². The number of pyridine rings is 1. The molecule has 0 saturated heterocycles. The third kappa shape index (κ3) is 4.31. The number of fused-ring (bicyclic) bond motifs is 1. The van der Waals surface area contributed by atoms with Crippen LogP contribution in [0.5, 0.6) is 5.88 Å². The van der Waals surface area contributed by atoms with E-state index in [1.165, 1.54) is 12.1 Å². The molecule has 138 valence electrons. The van der Waals surface area contributed by atoms with Gasteiger partial charge in [-0.15, -0.1) is 0 Å². The fraction of sp³-hybridized carbons (Fsp3) is 0.400. The van der Waals surface area contributed by atoms with Crippen LogP contribution >= 0.6 is 0 Å². The number of rotatable bonds is 3. The Morgan fingerprint density at radius 2 is 2.04 bits per heavy atom. The number of nitrogens with one attached hydrogen (secondary N) is 2. The van der Waals surface area contributed by atoms with Gasteiger partial charge in [-0.1, -0.05) is 12.1 Å². The molecule has 0 aliphatic carbocycles. The number of carbonyl (C=O) groups excluding carboxylic acids is 1. The molecule has 0 unspecified atom stereocenters. The van der Waals surface area contributed by atoms with Crippen molar-refractivity contribution in [2.75, 3.05) is 11.9 Å². The van der Waals surface area contributed by atoms with Crippen LogP contribution in [0, 0.1) is 5.82 Å². The van der Waals surface area contributed by atoms with Crippen molar-refractivity contribution >= 4 is 11.6 Å². The van der Waals surface area contributed by atoms with Crippen molar-refractivity contribution in [1.82, 2.24) is 10.3 Å². The number of hydrogen-bond donors (Lipinski definition) is 2. The minimum Gasteiger partial charge on any atom is -0.474 e. The van der Waals surface area contributed by atoms with Crippen LogP contribution < -0.4 is 15.4 Å². The third-order valence-electron chi connectivity index (χ3n) is 3.95. The predicted molar refractivity (Wildman–Crippen MR) is 99.2 cm³/mol. The maximum absolute atomic E-state index is 13.2. The highest BCUT2D eigenvalue weighted by molar-refractivity contribution is 5.95. The van der Waals surface area contributed by atoms with E-state index in [0.29, 0.717) is 24.6 Å². The maximum Gasteiger partial charge on any atom is 0.270 e. The highest BCUT2D eigenvalue weighted by Crippen LogP contribution is 2.30. The summed E-state index contributed by atoms with van der Waals surface area (Å²) in [6.45, 7) is 8.27. The number of amides is 1. The highest BCUT2D eigenvalue weighted by atomic mass is 19.1. The molecule has 2 N–H and O–H groups in total. The van der Waals surface area contributed by atoms with E-state index in [1.807, 2.05) is 33.8 Å². The maximum atomic E-state index is 13.2. The lowest BCUT2D eigenvalue weighted by Gasteiger charge is -2.26. The molecule has 1 amide bonds. The smallest absolute Gasteiger partial charge is 0.270 e. The van der Waals surface area contributed by atoms with E-state index in [4.69, 9.17) is 4.74 Å². The Balaban J connectivity index is 1.99. The molecular weight excluding hydrogens is 333 g/mol. The second-order valence-corrected chi connectivity index (χ2v) is 7.71. The summed E-state index contributed by atoms with van der Waals surface area (Å²) in [7, 11) is 0. The number of anilines is 1. The molecule has 5 nitrogen and oxygen atoms in total. The van der Waals surface area contributed by atoms with Crippen molar-refractivity contribution in [3.63, 3.8) is 0 Å². The number of ether oxygens (including phenoxy) is 1. The average Bonchev–Trinajstić information content (AvgIpc) is 2.54. The van der Waals surface area contributed by atoms with E-state index in [-0.39, 0.29) is 23.3 Å². The molecule has 6 heteroatoms. The van der Waals surface area contributed by atoms with E-state index < -0.39 is 0 Å². The minimum absolute atomic E-state index is 0.164. The first-order valence-electron chi connectivity index (χ1n) is 8.71. The monoisotopic (exact) mass is 357 g/mol. The molecule has 1 aromatic carbocycles. The van der Waals surface area contributed by atoms with Crippen LogP contribution in [0.4, 0.5) is 10.1 Å². The fourth-order valence-electron chi connectivity index (χ4n) is 2.82. The highest BCUT2D eigenvalue weighted by Gasteiger charge is 2.25. The van der Waals surface area contributed by atoms with Crippen LogP contribution in [0.3, 0.4) is 0 Å². The van der Waals surface area contributed by atoms with Gasteiger partial charge in [0.25, 0.3) is 5.91 Å². The molecule has 2 heterocycles. The SMILES string of the molecule is C[C@H]1COc2nc(C(=O)NC(C)(C)C)c(Cc3ccc(F)cc3)cc2N1. The number of halogens is 1. The number of carbonyl (C=O) groups is 1. The van der Waals surface area contributed by atoms with Crippen LogP contribution in [-0.4, -0.2) is 29.1 Å². The molecule has 0 bridgehead atoms. The van der Waals surface area contributed by atoms with Crippen LogP contribution in [0.1, 0.15) is 49.3 Å². The Hall–Kier alpha value is -2.63. The molecule has 0 radical (unpaired) electrons. The summed E-state index contributed by atoms with van der Waals surface area (Å²) >= 11 is 0. The summed E-state index contributed by atoms with van der Waals surface area (Å²) in [5.74, 6) is -0.100. The first kappa shape index (κ1) is 18.2. The zero-order valence-electron chi connectivity index (χ0n) is 15.5. The van der Waals surface area contributed by atoms with Gasteiger partial charge >= 0.3 is 0 Å². The largest absolute Gasteiger partial charge is 0.474 e. The van der Waals surface area contributed by atoms with Gasteiger partial charge in [0.05, 0.1) is 11.7 Å². The van der Waals surface area contributed by atoms with Gasteiger partial charge in [0.15, 0.2) is 0 Å². The molecule has 0 spiro atoms. The molecule has 1 aliphatic heterocycles. The standard InChI is InChI=1S/C20H24FN3O2/c1-12-11-26-19-16(22-12)10-14(9-13-5-7-15(21)8-6-13)17(23-19)18(25)24-20(2,3)4/h5-8,10,12,22H,9,11H2,1-4H3,(H,24,25)/t12-/m0/s1. The van der Waals surface area contributed by atoms with Gasteiger partial charge in [-0.2, -0.15) is 0 Å². The van der Waals surface area contributed by atoms with Crippen LogP contribution in [0.25, 0.3) is 0 Å². The number of nitrogens with zero attached hydrogens (tertiary/aromatic N) is 1. The lowest BCUT2D eigenvalue weighted by atomic mass is 10.0. The number of hydrogen-bond acceptors (Lipinski definition) is 4.